The van der Waals surface area contributed by atoms with E-state index < -0.39 is 0 Å². The van der Waals surface area contributed by atoms with Crippen molar-refractivity contribution in [1.29, 1.82) is 0 Å². The van der Waals surface area contributed by atoms with Crippen molar-refractivity contribution >= 4 is 0 Å². The molecule has 1 atom stereocenters. The number of aliphatic hydroxyl groups excluding tert-OH is 1. The van der Waals surface area contributed by atoms with E-state index in [0.717, 1.165) is 16.7 Å². The Morgan fingerprint density at radius 3 is 2.35 bits per heavy atom. The standard InChI is InChI=1S/C13H19N3O/c1-9-7-10(2)13(11(3)8-9)12(15-16-14)5-4-6-17/h7-8,12,17H,4-6H2,1-3H3. The number of rotatable bonds is 5. The second kappa shape index (κ2) is 6.28. The molecule has 1 aromatic carbocycles. The molecule has 0 amide bonds. The molecule has 0 saturated heterocycles. The molecule has 1 N–H and O–H groups in total. The van der Waals surface area contributed by atoms with Crippen LogP contribution in [-0.4, -0.2) is 11.7 Å². The van der Waals surface area contributed by atoms with Gasteiger partial charge in [-0.15, -0.1) is 0 Å². The summed E-state index contributed by atoms with van der Waals surface area (Å²) in [6.07, 6.45) is 1.34. The van der Waals surface area contributed by atoms with Gasteiger partial charge in [-0.3, -0.25) is 0 Å². The molecule has 0 fully saturated rings. The molecule has 0 bridgehead atoms. The lowest BCUT2D eigenvalue weighted by Gasteiger charge is -2.17. The number of hydrogen-bond donors (Lipinski definition) is 1. The number of aryl methyl sites for hydroxylation is 3. The van der Waals surface area contributed by atoms with Crippen molar-refractivity contribution < 1.29 is 5.11 Å². The largest absolute Gasteiger partial charge is 0.396 e. The lowest BCUT2D eigenvalue weighted by Crippen LogP contribution is -2.02. The molecule has 0 heterocycles. The van der Waals surface area contributed by atoms with Crippen LogP contribution in [0, 0.1) is 20.8 Å². The molecule has 92 valence electrons. The van der Waals surface area contributed by atoms with E-state index in [9.17, 15) is 0 Å². The zero-order valence-electron chi connectivity index (χ0n) is 10.6. The van der Waals surface area contributed by atoms with E-state index in [1.807, 2.05) is 13.8 Å². The van der Waals surface area contributed by atoms with Gasteiger partial charge in [-0.25, -0.2) is 0 Å². The molecule has 4 heteroatoms. The van der Waals surface area contributed by atoms with Crippen molar-refractivity contribution in [1.82, 2.24) is 0 Å². The highest BCUT2D eigenvalue weighted by Crippen LogP contribution is 2.29. The first kappa shape index (κ1) is 13.6. The summed E-state index contributed by atoms with van der Waals surface area (Å²) in [5.41, 5.74) is 13.2. The fourth-order valence-corrected chi connectivity index (χ4v) is 2.32. The van der Waals surface area contributed by atoms with Crippen molar-refractivity contribution in [3.05, 3.63) is 44.8 Å². The topological polar surface area (TPSA) is 69.0 Å². The van der Waals surface area contributed by atoms with E-state index >= 15 is 0 Å². The Morgan fingerprint density at radius 1 is 1.29 bits per heavy atom. The van der Waals surface area contributed by atoms with Gasteiger partial charge < -0.3 is 5.11 Å². The van der Waals surface area contributed by atoms with Gasteiger partial charge in [0.25, 0.3) is 0 Å². The number of benzene rings is 1. The average Bonchev–Trinajstić information content (AvgIpc) is 2.24. The van der Waals surface area contributed by atoms with E-state index in [0.29, 0.717) is 12.8 Å². The fraction of sp³-hybridized carbons (Fsp3) is 0.538. The van der Waals surface area contributed by atoms with E-state index in [1.165, 1.54) is 5.56 Å². The van der Waals surface area contributed by atoms with Gasteiger partial charge >= 0.3 is 0 Å². The normalized spacial score (nSPS) is 12.0. The second-order valence-corrected chi connectivity index (χ2v) is 4.40. The Bertz CT molecular complexity index is 413. The van der Waals surface area contributed by atoms with E-state index in [1.54, 1.807) is 0 Å². The van der Waals surface area contributed by atoms with E-state index in [-0.39, 0.29) is 12.6 Å². The molecular weight excluding hydrogens is 214 g/mol. The molecule has 4 nitrogen and oxygen atoms in total. The minimum atomic E-state index is -0.173. The highest BCUT2D eigenvalue weighted by atomic mass is 16.2. The lowest BCUT2D eigenvalue weighted by molar-refractivity contribution is 0.280. The summed E-state index contributed by atoms with van der Waals surface area (Å²) in [5, 5.41) is 12.7. The highest BCUT2D eigenvalue weighted by Gasteiger charge is 2.14. The molecule has 1 aromatic rings. The van der Waals surface area contributed by atoms with Crippen molar-refractivity contribution in [3.8, 4) is 0 Å². The number of nitrogens with zero attached hydrogens (tertiary/aromatic N) is 3. The summed E-state index contributed by atoms with van der Waals surface area (Å²) in [6, 6.07) is 4.02. The van der Waals surface area contributed by atoms with E-state index in [4.69, 9.17) is 10.6 Å². The van der Waals surface area contributed by atoms with Crippen LogP contribution in [0.4, 0.5) is 0 Å². The van der Waals surface area contributed by atoms with Gasteiger partial charge in [0.05, 0.1) is 6.04 Å². The fourth-order valence-electron chi connectivity index (χ4n) is 2.32. The van der Waals surface area contributed by atoms with Crippen LogP contribution in [0.25, 0.3) is 10.4 Å². The lowest BCUT2D eigenvalue weighted by atomic mass is 9.92. The van der Waals surface area contributed by atoms with Gasteiger partial charge in [0.1, 0.15) is 0 Å². The Labute approximate surface area is 102 Å². The SMILES string of the molecule is Cc1cc(C)c(C(CCCO)N=[N+]=[N-])c(C)c1. The van der Waals surface area contributed by atoms with Crippen LogP contribution in [0.5, 0.6) is 0 Å². The summed E-state index contributed by atoms with van der Waals surface area (Å²) < 4.78 is 0. The second-order valence-electron chi connectivity index (χ2n) is 4.40. The maximum Gasteiger partial charge on any atom is 0.0631 e. The van der Waals surface area contributed by atoms with Gasteiger partial charge in [0.15, 0.2) is 0 Å². The molecule has 0 spiro atoms. The van der Waals surface area contributed by atoms with Crippen LogP contribution >= 0.6 is 0 Å². The summed E-state index contributed by atoms with van der Waals surface area (Å²) in [5.74, 6) is 0. The molecular formula is C13H19N3O. The third-order valence-corrected chi connectivity index (χ3v) is 2.90. The Balaban J connectivity index is 3.13. The summed E-state index contributed by atoms with van der Waals surface area (Å²) >= 11 is 0. The number of azide groups is 1. The molecule has 17 heavy (non-hydrogen) atoms. The predicted molar refractivity (Wildman–Crippen MR) is 68.9 cm³/mol. The van der Waals surface area contributed by atoms with Crippen molar-refractivity contribution in [3.63, 3.8) is 0 Å². The smallest absolute Gasteiger partial charge is 0.0631 e. The molecule has 1 unspecified atom stereocenters. The first-order chi connectivity index (χ1) is 8.10. The van der Waals surface area contributed by atoms with Gasteiger partial charge in [-0.2, -0.15) is 0 Å². The summed E-state index contributed by atoms with van der Waals surface area (Å²) in [4.78, 5) is 2.91. The quantitative estimate of drug-likeness (QED) is 0.470. The summed E-state index contributed by atoms with van der Waals surface area (Å²) in [7, 11) is 0. The van der Waals surface area contributed by atoms with Crippen LogP contribution in [0.2, 0.25) is 0 Å². The Hall–Kier alpha value is -1.51. The maximum atomic E-state index is 8.88. The highest BCUT2D eigenvalue weighted by molar-refractivity contribution is 5.39. The first-order valence-electron chi connectivity index (χ1n) is 5.83. The number of hydrogen-bond acceptors (Lipinski definition) is 2. The molecule has 0 aliphatic rings. The molecule has 0 aliphatic heterocycles. The average molecular weight is 233 g/mol. The minimum Gasteiger partial charge on any atom is -0.396 e. The molecule has 1 rings (SSSR count). The van der Waals surface area contributed by atoms with E-state index in [2.05, 4.69) is 29.1 Å². The van der Waals surface area contributed by atoms with Crippen LogP contribution in [0.1, 0.15) is 41.1 Å². The van der Waals surface area contributed by atoms with Crippen LogP contribution in [0.15, 0.2) is 17.2 Å². The zero-order valence-corrected chi connectivity index (χ0v) is 10.6. The zero-order chi connectivity index (χ0) is 12.8. The van der Waals surface area contributed by atoms with Crippen LogP contribution in [-0.2, 0) is 0 Å². The molecule has 0 saturated carbocycles. The van der Waals surface area contributed by atoms with Crippen molar-refractivity contribution in [2.24, 2.45) is 5.11 Å². The molecule has 0 aliphatic carbocycles. The van der Waals surface area contributed by atoms with Gasteiger partial charge in [-0.1, -0.05) is 22.8 Å². The predicted octanol–water partition coefficient (Wildman–Crippen LogP) is 3.74. The van der Waals surface area contributed by atoms with Crippen LogP contribution in [0.3, 0.4) is 0 Å². The minimum absolute atomic E-state index is 0.126. The first-order valence-corrected chi connectivity index (χ1v) is 5.83. The van der Waals surface area contributed by atoms with Gasteiger partial charge in [0.2, 0.25) is 0 Å². The summed E-state index contributed by atoms with van der Waals surface area (Å²) in [6.45, 7) is 6.25. The number of aliphatic hydroxyl groups is 1. The van der Waals surface area contributed by atoms with Crippen LogP contribution < -0.4 is 0 Å². The monoisotopic (exact) mass is 233 g/mol. The van der Waals surface area contributed by atoms with Crippen molar-refractivity contribution in [2.45, 2.75) is 39.7 Å². The Kier molecular flexibility index (Phi) is 5.01. The maximum absolute atomic E-state index is 8.88. The third-order valence-electron chi connectivity index (χ3n) is 2.90. The van der Waals surface area contributed by atoms with Gasteiger partial charge in [-0.05, 0) is 55.8 Å². The van der Waals surface area contributed by atoms with Crippen molar-refractivity contribution in [2.75, 3.05) is 6.61 Å². The van der Waals surface area contributed by atoms with Gasteiger partial charge in [0, 0.05) is 11.5 Å². The molecule has 0 aromatic heterocycles. The Morgan fingerprint density at radius 2 is 1.88 bits per heavy atom. The molecule has 0 radical (unpaired) electrons. The third kappa shape index (κ3) is 3.48.